The Bertz CT molecular complexity index is 546. The highest BCUT2D eigenvalue weighted by Crippen LogP contribution is 2.12. The van der Waals surface area contributed by atoms with Crippen LogP contribution in [0.4, 0.5) is 4.39 Å². The van der Waals surface area contributed by atoms with Crippen LogP contribution in [0.15, 0.2) is 47.0 Å². The topological polar surface area (TPSA) is 41.6 Å². The van der Waals surface area contributed by atoms with Gasteiger partial charge < -0.3 is 10.6 Å². The molecule has 0 amide bonds. The zero-order chi connectivity index (χ0) is 14.4. The first kappa shape index (κ1) is 14.6. The Morgan fingerprint density at radius 2 is 2.25 bits per heavy atom. The van der Waals surface area contributed by atoms with E-state index in [1.807, 2.05) is 25.3 Å². The van der Waals surface area contributed by atoms with Crippen molar-refractivity contribution in [3.63, 3.8) is 0 Å². The Labute approximate surface area is 119 Å². The van der Waals surface area contributed by atoms with E-state index in [1.165, 1.54) is 17.7 Å². The number of aliphatic imine (C=N–C) groups is 1. The van der Waals surface area contributed by atoms with Gasteiger partial charge in [0.25, 0.3) is 0 Å². The Kier molecular flexibility index (Phi) is 5.21. The van der Waals surface area contributed by atoms with Crippen molar-refractivity contribution in [2.45, 2.75) is 0 Å². The second-order valence-electron chi connectivity index (χ2n) is 4.87. The average Bonchev–Trinajstić information content (AvgIpc) is 2.84. The fraction of sp³-hybridized carbons (Fsp3) is 0.312. The van der Waals surface area contributed by atoms with Gasteiger partial charge in [-0.15, -0.1) is 0 Å². The summed E-state index contributed by atoms with van der Waals surface area (Å²) in [6, 6.07) is 6.53. The van der Waals surface area contributed by atoms with Crippen LogP contribution in [0.2, 0.25) is 0 Å². The van der Waals surface area contributed by atoms with Crippen molar-refractivity contribution < 1.29 is 4.39 Å². The van der Waals surface area contributed by atoms with Crippen LogP contribution >= 0.6 is 0 Å². The van der Waals surface area contributed by atoms with Crippen molar-refractivity contribution >= 4 is 11.8 Å². The van der Waals surface area contributed by atoms with Crippen LogP contribution in [0, 0.1) is 5.82 Å². The number of hydrogen-bond acceptors (Lipinski definition) is 3. The zero-order valence-electron chi connectivity index (χ0n) is 11.7. The van der Waals surface area contributed by atoms with Crippen molar-refractivity contribution in [2.24, 2.45) is 10.7 Å². The minimum atomic E-state index is -0.223. The largest absolute Gasteiger partial charge is 0.329 e. The van der Waals surface area contributed by atoms with Gasteiger partial charge in [-0.3, -0.25) is 4.99 Å². The lowest BCUT2D eigenvalue weighted by Crippen LogP contribution is -2.28. The standard InChI is InChI=1S/C16H20FN3/c1-20(10-8-18)12-14-7-9-19-16(14)6-5-13-3-2-4-15(17)11-13/h2-7,11H,8-10,12,18H2,1H3/b6-5+. The summed E-state index contributed by atoms with van der Waals surface area (Å²) < 4.78 is 13.1. The summed E-state index contributed by atoms with van der Waals surface area (Å²) in [6.07, 6.45) is 5.96. The number of nitrogens with zero attached hydrogens (tertiary/aromatic N) is 2. The lowest BCUT2D eigenvalue weighted by atomic mass is 10.1. The molecule has 0 aromatic heterocycles. The molecule has 0 atom stereocenters. The molecule has 2 N–H and O–H groups in total. The smallest absolute Gasteiger partial charge is 0.123 e. The summed E-state index contributed by atoms with van der Waals surface area (Å²) in [6.45, 7) is 3.06. The van der Waals surface area contributed by atoms with Crippen molar-refractivity contribution in [3.8, 4) is 0 Å². The van der Waals surface area contributed by atoms with E-state index in [9.17, 15) is 4.39 Å². The molecule has 3 nitrogen and oxygen atoms in total. The van der Waals surface area contributed by atoms with E-state index in [2.05, 4.69) is 16.0 Å². The summed E-state index contributed by atoms with van der Waals surface area (Å²) in [5, 5.41) is 0. The van der Waals surface area contributed by atoms with Crippen LogP contribution in [-0.2, 0) is 0 Å². The quantitative estimate of drug-likeness (QED) is 0.862. The molecule has 1 aromatic rings. The molecule has 2 rings (SSSR count). The van der Waals surface area contributed by atoms with E-state index in [0.29, 0.717) is 13.1 Å². The van der Waals surface area contributed by atoms with Crippen LogP contribution in [-0.4, -0.2) is 43.8 Å². The molecule has 0 bridgehead atoms. The second kappa shape index (κ2) is 7.12. The number of allylic oxidation sites excluding steroid dienone is 1. The molecule has 1 aliphatic rings. The van der Waals surface area contributed by atoms with E-state index in [-0.39, 0.29) is 5.82 Å². The summed E-state index contributed by atoms with van der Waals surface area (Å²) in [5.41, 5.74) is 8.56. The van der Waals surface area contributed by atoms with Crippen LogP contribution in [0.3, 0.4) is 0 Å². The van der Waals surface area contributed by atoms with Gasteiger partial charge in [-0.1, -0.05) is 24.3 Å². The molecule has 0 unspecified atom stereocenters. The highest BCUT2D eigenvalue weighted by molar-refractivity contribution is 6.12. The van der Waals surface area contributed by atoms with Crippen LogP contribution in [0.5, 0.6) is 0 Å². The number of halogens is 1. The molecule has 1 heterocycles. The van der Waals surface area contributed by atoms with E-state index in [1.54, 1.807) is 6.07 Å². The monoisotopic (exact) mass is 273 g/mol. The van der Waals surface area contributed by atoms with Crippen LogP contribution in [0.1, 0.15) is 5.56 Å². The maximum absolute atomic E-state index is 13.1. The minimum absolute atomic E-state index is 0.223. The highest BCUT2D eigenvalue weighted by Gasteiger charge is 2.11. The van der Waals surface area contributed by atoms with Gasteiger partial charge in [0.1, 0.15) is 5.82 Å². The van der Waals surface area contributed by atoms with Crippen molar-refractivity contribution in [1.29, 1.82) is 0 Å². The van der Waals surface area contributed by atoms with E-state index in [0.717, 1.165) is 24.4 Å². The first-order valence-corrected chi connectivity index (χ1v) is 6.75. The number of hydrogen-bond donors (Lipinski definition) is 1. The molecule has 1 aromatic carbocycles. The predicted molar refractivity (Wildman–Crippen MR) is 82.4 cm³/mol. The molecule has 0 aliphatic carbocycles. The molecule has 1 aliphatic heterocycles. The van der Waals surface area contributed by atoms with Crippen molar-refractivity contribution in [2.75, 3.05) is 33.2 Å². The van der Waals surface area contributed by atoms with Gasteiger partial charge in [-0.25, -0.2) is 4.39 Å². The molecule has 20 heavy (non-hydrogen) atoms. The van der Waals surface area contributed by atoms with Gasteiger partial charge >= 0.3 is 0 Å². The third kappa shape index (κ3) is 4.11. The highest BCUT2D eigenvalue weighted by atomic mass is 19.1. The lowest BCUT2D eigenvalue weighted by molar-refractivity contribution is 0.377. The first-order valence-electron chi connectivity index (χ1n) is 6.75. The first-order chi connectivity index (χ1) is 9.69. The fourth-order valence-electron chi connectivity index (χ4n) is 2.14. The van der Waals surface area contributed by atoms with Crippen LogP contribution in [0.25, 0.3) is 6.08 Å². The Hall–Kier alpha value is -1.78. The normalized spacial score (nSPS) is 15.0. The Morgan fingerprint density at radius 3 is 3.00 bits per heavy atom. The number of likely N-dealkylation sites (N-methyl/N-ethyl adjacent to an activating group) is 1. The molecule has 106 valence electrons. The van der Waals surface area contributed by atoms with Gasteiger partial charge in [0, 0.05) is 19.6 Å². The molecule has 0 spiro atoms. The predicted octanol–water partition coefficient (Wildman–Crippen LogP) is 2.11. The maximum atomic E-state index is 13.1. The number of benzene rings is 1. The third-order valence-electron chi connectivity index (χ3n) is 3.16. The minimum Gasteiger partial charge on any atom is -0.329 e. The average molecular weight is 273 g/mol. The van der Waals surface area contributed by atoms with E-state index >= 15 is 0 Å². The fourth-order valence-corrected chi connectivity index (χ4v) is 2.14. The zero-order valence-corrected chi connectivity index (χ0v) is 11.7. The molecule has 0 saturated heterocycles. The molecule has 4 heteroatoms. The maximum Gasteiger partial charge on any atom is 0.123 e. The lowest BCUT2D eigenvalue weighted by Gasteiger charge is -2.16. The SMILES string of the molecule is CN(CCN)CC1=CCN=C1/C=C/c1cccc(F)c1. The summed E-state index contributed by atoms with van der Waals surface area (Å²) in [5.74, 6) is -0.223. The van der Waals surface area contributed by atoms with Gasteiger partial charge in [-0.05, 0) is 36.4 Å². The van der Waals surface area contributed by atoms with Gasteiger partial charge in [0.2, 0.25) is 0 Å². The molecule has 0 saturated carbocycles. The third-order valence-corrected chi connectivity index (χ3v) is 3.16. The Morgan fingerprint density at radius 1 is 1.40 bits per heavy atom. The van der Waals surface area contributed by atoms with E-state index < -0.39 is 0 Å². The van der Waals surface area contributed by atoms with Crippen molar-refractivity contribution in [3.05, 3.63) is 53.4 Å². The Balaban J connectivity index is 2.00. The molecule has 0 fully saturated rings. The summed E-state index contributed by atoms with van der Waals surface area (Å²) in [7, 11) is 2.04. The van der Waals surface area contributed by atoms with E-state index in [4.69, 9.17) is 5.73 Å². The van der Waals surface area contributed by atoms with Crippen LogP contribution < -0.4 is 5.73 Å². The summed E-state index contributed by atoms with van der Waals surface area (Å²) in [4.78, 5) is 6.62. The molecular weight excluding hydrogens is 253 g/mol. The van der Waals surface area contributed by atoms with Crippen molar-refractivity contribution in [1.82, 2.24) is 4.90 Å². The molecular formula is C16H20FN3. The second-order valence-corrected chi connectivity index (χ2v) is 4.87. The van der Waals surface area contributed by atoms with Gasteiger partial charge in [0.15, 0.2) is 0 Å². The molecule has 0 radical (unpaired) electrons. The number of rotatable bonds is 6. The summed E-state index contributed by atoms with van der Waals surface area (Å²) >= 11 is 0. The van der Waals surface area contributed by atoms with Gasteiger partial charge in [0.05, 0.1) is 12.3 Å². The van der Waals surface area contributed by atoms with Gasteiger partial charge in [-0.2, -0.15) is 0 Å². The number of nitrogens with two attached hydrogens (primary N) is 1.